The van der Waals surface area contributed by atoms with E-state index in [4.69, 9.17) is 0 Å². The van der Waals surface area contributed by atoms with E-state index in [1.807, 2.05) is 62.4 Å². The van der Waals surface area contributed by atoms with Crippen molar-refractivity contribution in [2.24, 2.45) is 0 Å². The van der Waals surface area contributed by atoms with Crippen molar-refractivity contribution >= 4 is 39.0 Å². The molecule has 0 spiro atoms. The van der Waals surface area contributed by atoms with Crippen molar-refractivity contribution in [3.05, 3.63) is 83.3 Å². The van der Waals surface area contributed by atoms with Crippen LogP contribution in [0, 0.1) is 25.7 Å². The highest BCUT2D eigenvalue weighted by atomic mass is 32.2. The van der Waals surface area contributed by atoms with E-state index in [1.54, 1.807) is 12.4 Å². The highest BCUT2D eigenvalue weighted by Gasteiger charge is 2.16. The van der Waals surface area contributed by atoms with E-state index in [0.29, 0.717) is 10.6 Å². The number of nitrogens with zero attached hydrogens (tertiary/aromatic N) is 2. The Bertz CT molecular complexity index is 1450. The molecule has 0 aliphatic carbocycles. The second kappa shape index (κ2) is 8.93. The van der Waals surface area contributed by atoms with Gasteiger partial charge in [-0.2, -0.15) is 0 Å². The fourth-order valence-corrected chi connectivity index (χ4v) is 5.08. The molecule has 6 nitrogen and oxygen atoms in total. The van der Waals surface area contributed by atoms with Crippen LogP contribution >= 0.6 is 0 Å². The molecule has 0 bridgehead atoms. The van der Waals surface area contributed by atoms with E-state index in [2.05, 4.69) is 37.2 Å². The van der Waals surface area contributed by atoms with Crippen molar-refractivity contribution in [2.75, 3.05) is 28.4 Å². The summed E-state index contributed by atoms with van der Waals surface area (Å²) >= 11 is 0. The quantitative estimate of drug-likeness (QED) is 0.395. The van der Waals surface area contributed by atoms with Crippen LogP contribution in [0.15, 0.2) is 65.8 Å². The SMILES string of the molecule is Cc1ccc2cccnc2c1S(=O)Nc1ccccc1C#Cc1cnc(C)c2c1NCCN2. The number of benzene rings is 2. The molecule has 3 N–H and O–H groups in total. The highest BCUT2D eigenvalue weighted by molar-refractivity contribution is 7.86. The van der Waals surface area contributed by atoms with Gasteiger partial charge in [0, 0.05) is 36.4 Å². The zero-order valence-electron chi connectivity index (χ0n) is 18.4. The Hall–Kier alpha value is -3.89. The number of rotatable bonds is 3. The number of hydrogen-bond acceptors (Lipinski definition) is 5. The lowest BCUT2D eigenvalue weighted by atomic mass is 10.1. The van der Waals surface area contributed by atoms with E-state index in [-0.39, 0.29) is 0 Å². The van der Waals surface area contributed by atoms with Crippen LogP contribution in [0.5, 0.6) is 0 Å². The van der Waals surface area contributed by atoms with Gasteiger partial charge in [-0.3, -0.25) is 14.7 Å². The third kappa shape index (κ3) is 4.13. The first kappa shape index (κ1) is 21.0. The van der Waals surface area contributed by atoms with Gasteiger partial charge in [-0.05, 0) is 37.6 Å². The number of para-hydroxylation sites is 1. The molecule has 7 heteroatoms. The third-order valence-electron chi connectivity index (χ3n) is 5.57. The third-order valence-corrected chi connectivity index (χ3v) is 6.86. The van der Waals surface area contributed by atoms with E-state index >= 15 is 0 Å². The molecular weight excluding hydrogens is 430 g/mol. The molecule has 33 heavy (non-hydrogen) atoms. The minimum atomic E-state index is -1.50. The van der Waals surface area contributed by atoms with Crippen molar-refractivity contribution in [1.82, 2.24) is 9.97 Å². The van der Waals surface area contributed by atoms with Crippen LogP contribution in [-0.4, -0.2) is 27.3 Å². The number of aryl methyl sites for hydroxylation is 2. The summed E-state index contributed by atoms with van der Waals surface area (Å²) in [5.41, 5.74) is 6.87. The maximum Gasteiger partial charge on any atom is 0.152 e. The van der Waals surface area contributed by atoms with Crippen molar-refractivity contribution in [3.63, 3.8) is 0 Å². The average molecular weight is 454 g/mol. The van der Waals surface area contributed by atoms with Crippen molar-refractivity contribution in [1.29, 1.82) is 0 Å². The fraction of sp³-hybridized carbons (Fsp3) is 0.154. The van der Waals surface area contributed by atoms with Crippen molar-refractivity contribution in [2.45, 2.75) is 18.7 Å². The number of nitrogens with one attached hydrogen (secondary N) is 3. The Morgan fingerprint density at radius 2 is 1.70 bits per heavy atom. The Labute approximate surface area is 195 Å². The molecule has 0 amide bonds. The van der Waals surface area contributed by atoms with Crippen LogP contribution in [0.4, 0.5) is 17.1 Å². The normalized spacial score (nSPS) is 13.2. The highest BCUT2D eigenvalue weighted by Crippen LogP contribution is 2.30. The molecule has 0 saturated heterocycles. The van der Waals surface area contributed by atoms with Crippen LogP contribution in [0.2, 0.25) is 0 Å². The predicted octanol–water partition coefficient (Wildman–Crippen LogP) is 4.62. The lowest BCUT2D eigenvalue weighted by molar-refractivity contribution is 0.686. The first-order valence-corrected chi connectivity index (χ1v) is 11.9. The average Bonchev–Trinajstić information content (AvgIpc) is 2.84. The molecule has 1 aliphatic heterocycles. The van der Waals surface area contributed by atoms with Gasteiger partial charge < -0.3 is 10.6 Å². The van der Waals surface area contributed by atoms with Gasteiger partial charge in [-0.15, -0.1) is 0 Å². The molecule has 3 heterocycles. The van der Waals surface area contributed by atoms with Crippen LogP contribution in [0.1, 0.15) is 22.4 Å². The van der Waals surface area contributed by atoms with Crippen LogP contribution in [-0.2, 0) is 11.0 Å². The van der Waals surface area contributed by atoms with E-state index in [1.165, 1.54) is 0 Å². The summed E-state index contributed by atoms with van der Waals surface area (Å²) in [7, 11) is -1.50. The first-order valence-electron chi connectivity index (χ1n) is 10.7. The zero-order valence-corrected chi connectivity index (χ0v) is 19.2. The monoisotopic (exact) mass is 453 g/mol. The van der Waals surface area contributed by atoms with Crippen LogP contribution < -0.4 is 15.4 Å². The summed E-state index contributed by atoms with van der Waals surface area (Å²) in [5, 5.41) is 7.77. The second-order valence-electron chi connectivity index (χ2n) is 7.81. The molecule has 2 aromatic heterocycles. The fourth-order valence-electron chi connectivity index (χ4n) is 3.90. The van der Waals surface area contributed by atoms with Crippen molar-refractivity contribution < 1.29 is 4.21 Å². The summed E-state index contributed by atoms with van der Waals surface area (Å²) < 4.78 is 16.5. The first-order chi connectivity index (χ1) is 16.1. The van der Waals surface area contributed by atoms with E-state index < -0.39 is 11.0 Å². The number of aromatic nitrogens is 2. The smallest absolute Gasteiger partial charge is 0.152 e. The van der Waals surface area contributed by atoms with Crippen LogP contribution in [0.25, 0.3) is 10.9 Å². The van der Waals surface area contributed by atoms with Gasteiger partial charge in [-0.1, -0.05) is 42.2 Å². The summed E-state index contributed by atoms with van der Waals surface area (Å²) in [6.07, 6.45) is 3.52. The Morgan fingerprint density at radius 1 is 0.909 bits per heavy atom. The molecule has 5 rings (SSSR count). The van der Waals surface area contributed by atoms with Gasteiger partial charge in [-0.25, -0.2) is 4.21 Å². The van der Waals surface area contributed by atoms with Gasteiger partial charge in [0.2, 0.25) is 0 Å². The molecule has 1 unspecified atom stereocenters. The van der Waals surface area contributed by atoms with Gasteiger partial charge in [0.25, 0.3) is 0 Å². The van der Waals surface area contributed by atoms with E-state index in [9.17, 15) is 4.21 Å². The number of fused-ring (bicyclic) bond motifs is 2. The molecule has 0 fully saturated rings. The second-order valence-corrected chi connectivity index (χ2v) is 8.96. The van der Waals surface area contributed by atoms with Crippen LogP contribution in [0.3, 0.4) is 0 Å². The predicted molar refractivity (Wildman–Crippen MR) is 135 cm³/mol. The van der Waals surface area contributed by atoms with Gasteiger partial charge in [0.1, 0.15) is 0 Å². The molecule has 4 aromatic rings. The molecule has 1 atom stereocenters. The summed E-state index contributed by atoms with van der Waals surface area (Å²) in [6, 6.07) is 15.5. The minimum absolute atomic E-state index is 0.683. The lowest BCUT2D eigenvalue weighted by Crippen LogP contribution is -2.22. The molecular formula is C26H23N5OS. The Kier molecular flexibility index (Phi) is 5.68. The van der Waals surface area contributed by atoms with E-state index in [0.717, 1.165) is 57.8 Å². The van der Waals surface area contributed by atoms with Gasteiger partial charge in [0.15, 0.2) is 11.0 Å². The molecule has 2 aromatic carbocycles. The summed E-state index contributed by atoms with van der Waals surface area (Å²) in [6.45, 7) is 5.62. The maximum absolute atomic E-state index is 13.4. The molecule has 164 valence electrons. The molecule has 0 saturated carbocycles. The maximum atomic E-state index is 13.4. The number of pyridine rings is 2. The van der Waals surface area contributed by atoms with Gasteiger partial charge in [0.05, 0.1) is 38.7 Å². The zero-order chi connectivity index (χ0) is 22.8. The van der Waals surface area contributed by atoms with Gasteiger partial charge >= 0.3 is 0 Å². The minimum Gasteiger partial charge on any atom is -0.380 e. The largest absolute Gasteiger partial charge is 0.380 e. The molecule has 0 radical (unpaired) electrons. The Balaban J connectivity index is 1.49. The number of anilines is 3. The molecule has 1 aliphatic rings. The standard InChI is InChI=1S/C26H23N5OS/c1-17-9-10-20-7-5-13-27-25(20)26(17)33(32)31-22-8-4-3-6-19(22)11-12-21-16-30-18(2)23-24(21)29-15-14-28-23/h3-10,13,16,28-29,31H,14-15H2,1-2H3. The Morgan fingerprint density at radius 3 is 2.58 bits per heavy atom. The summed E-state index contributed by atoms with van der Waals surface area (Å²) in [5.74, 6) is 6.48. The lowest BCUT2D eigenvalue weighted by Gasteiger charge is -2.22. The summed E-state index contributed by atoms with van der Waals surface area (Å²) in [4.78, 5) is 9.63. The number of hydrogen-bond donors (Lipinski definition) is 3. The topological polar surface area (TPSA) is 78.9 Å². The van der Waals surface area contributed by atoms with Crippen molar-refractivity contribution in [3.8, 4) is 11.8 Å².